The molecular formula is C23H15ClF3NO3S. The molecule has 9 heteroatoms. The molecule has 0 bridgehead atoms. The first-order valence-corrected chi connectivity index (χ1v) is 11.0. The van der Waals surface area contributed by atoms with E-state index in [1.165, 1.54) is 48.5 Å². The van der Waals surface area contributed by atoms with Crippen LogP contribution in [0, 0.1) is 11.3 Å². The molecular weight excluding hydrogens is 463 g/mol. The van der Waals surface area contributed by atoms with E-state index in [0.717, 1.165) is 18.2 Å². The summed E-state index contributed by atoms with van der Waals surface area (Å²) in [5, 5.41) is 9.82. The molecule has 0 heterocycles. The van der Waals surface area contributed by atoms with Crippen molar-refractivity contribution in [2.45, 2.75) is 17.7 Å². The first-order chi connectivity index (χ1) is 15.1. The molecule has 0 aliphatic carbocycles. The highest BCUT2D eigenvalue weighted by Gasteiger charge is 2.30. The third-order valence-corrected chi connectivity index (χ3v) is 6.31. The molecule has 164 valence electrons. The van der Waals surface area contributed by atoms with Crippen LogP contribution in [0.3, 0.4) is 0 Å². The second-order valence-corrected chi connectivity index (χ2v) is 8.96. The van der Waals surface area contributed by atoms with Crippen molar-refractivity contribution < 1.29 is 26.3 Å². The molecule has 0 aromatic heterocycles. The highest BCUT2D eigenvalue weighted by Crippen LogP contribution is 2.30. The molecule has 4 nitrogen and oxygen atoms in total. The van der Waals surface area contributed by atoms with Crippen molar-refractivity contribution in [3.63, 3.8) is 0 Å². The number of nitriles is 1. The van der Waals surface area contributed by atoms with Crippen molar-refractivity contribution in [3.8, 4) is 11.8 Å². The Morgan fingerprint density at radius 2 is 1.72 bits per heavy atom. The third-order valence-electron chi connectivity index (χ3n) is 4.38. The monoisotopic (exact) mass is 477 g/mol. The zero-order valence-electron chi connectivity index (χ0n) is 16.3. The fourth-order valence-corrected chi connectivity index (χ4v) is 4.06. The second kappa shape index (κ2) is 9.47. The average Bonchev–Trinajstić information content (AvgIpc) is 2.76. The van der Waals surface area contributed by atoms with E-state index >= 15 is 0 Å². The summed E-state index contributed by atoms with van der Waals surface area (Å²) in [6.45, 7) is -0.180. The fourth-order valence-electron chi connectivity index (χ4n) is 2.78. The predicted octanol–water partition coefficient (Wildman–Crippen LogP) is 6.28. The van der Waals surface area contributed by atoms with Gasteiger partial charge in [0.1, 0.15) is 23.3 Å². The number of sulfone groups is 1. The largest absolute Gasteiger partial charge is 0.488 e. The summed E-state index contributed by atoms with van der Waals surface area (Å²) in [5.41, 5.74) is -0.228. The zero-order chi connectivity index (χ0) is 23.4. The van der Waals surface area contributed by atoms with Gasteiger partial charge < -0.3 is 4.74 Å². The summed E-state index contributed by atoms with van der Waals surface area (Å²) in [4.78, 5) is -0.619. The van der Waals surface area contributed by atoms with E-state index in [1.54, 1.807) is 18.2 Å². The van der Waals surface area contributed by atoms with Crippen LogP contribution in [0.2, 0.25) is 5.02 Å². The first-order valence-electron chi connectivity index (χ1n) is 9.11. The van der Waals surface area contributed by atoms with Crippen molar-refractivity contribution in [2.75, 3.05) is 0 Å². The summed E-state index contributed by atoms with van der Waals surface area (Å²) in [6, 6.07) is 18.1. The molecule has 0 saturated carbocycles. The lowest BCUT2D eigenvalue weighted by atomic mass is 10.1. The Labute approximate surface area is 188 Å². The number of hydrogen-bond donors (Lipinski definition) is 0. The Kier molecular flexibility index (Phi) is 6.92. The van der Waals surface area contributed by atoms with Gasteiger partial charge in [-0.05, 0) is 54.1 Å². The number of nitrogens with zero attached hydrogens (tertiary/aromatic N) is 1. The van der Waals surface area contributed by atoms with Gasteiger partial charge >= 0.3 is 6.18 Å². The molecule has 3 rings (SSSR count). The lowest BCUT2D eigenvalue weighted by Gasteiger charge is -2.12. The van der Waals surface area contributed by atoms with E-state index in [0.29, 0.717) is 5.02 Å². The summed E-state index contributed by atoms with van der Waals surface area (Å²) in [5.74, 6) is 0.212. The van der Waals surface area contributed by atoms with Crippen molar-refractivity contribution in [2.24, 2.45) is 0 Å². The molecule has 0 aliphatic rings. The number of allylic oxidation sites excluding steroid dienone is 1. The number of para-hydroxylation sites is 1. The van der Waals surface area contributed by atoms with Crippen molar-refractivity contribution in [3.05, 3.63) is 99.4 Å². The van der Waals surface area contributed by atoms with Gasteiger partial charge in [-0.3, -0.25) is 0 Å². The summed E-state index contributed by atoms with van der Waals surface area (Å²) in [7, 11) is -4.11. The van der Waals surface area contributed by atoms with Crippen LogP contribution in [0.1, 0.15) is 16.7 Å². The van der Waals surface area contributed by atoms with E-state index in [4.69, 9.17) is 16.3 Å². The number of ether oxygens (including phenoxy) is 1. The van der Waals surface area contributed by atoms with Crippen molar-refractivity contribution in [1.82, 2.24) is 0 Å². The van der Waals surface area contributed by atoms with E-state index < -0.39 is 26.5 Å². The number of benzene rings is 3. The average molecular weight is 478 g/mol. The van der Waals surface area contributed by atoms with Crippen LogP contribution >= 0.6 is 11.6 Å². The molecule has 3 aromatic rings. The predicted molar refractivity (Wildman–Crippen MR) is 114 cm³/mol. The topological polar surface area (TPSA) is 67.2 Å². The van der Waals surface area contributed by atoms with Crippen LogP contribution in [-0.4, -0.2) is 8.42 Å². The lowest BCUT2D eigenvalue weighted by Crippen LogP contribution is -2.06. The molecule has 0 amide bonds. The Balaban J connectivity index is 1.90. The Morgan fingerprint density at radius 1 is 1.03 bits per heavy atom. The van der Waals surface area contributed by atoms with Gasteiger partial charge in [0.2, 0.25) is 9.84 Å². The highest BCUT2D eigenvalue weighted by molar-refractivity contribution is 7.95. The molecule has 0 atom stereocenters. The first kappa shape index (κ1) is 23.4. The maximum atomic E-state index is 12.9. The van der Waals surface area contributed by atoms with Crippen LogP contribution in [0.5, 0.6) is 5.75 Å². The molecule has 0 radical (unpaired) electrons. The number of halogens is 4. The van der Waals surface area contributed by atoms with Gasteiger partial charge in [0.25, 0.3) is 0 Å². The van der Waals surface area contributed by atoms with Gasteiger partial charge in [-0.1, -0.05) is 41.9 Å². The third kappa shape index (κ3) is 5.49. The summed E-state index contributed by atoms with van der Waals surface area (Å²) in [6.07, 6.45) is -3.32. The zero-order valence-corrected chi connectivity index (χ0v) is 17.9. The molecule has 0 aliphatic heterocycles. The number of hydrogen-bond acceptors (Lipinski definition) is 4. The van der Waals surface area contributed by atoms with Crippen LogP contribution in [0.25, 0.3) is 6.08 Å². The van der Waals surface area contributed by atoms with Gasteiger partial charge in [0.05, 0.1) is 10.5 Å². The maximum absolute atomic E-state index is 12.9. The number of rotatable bonds is 6. The minimum Gasteiger partial charge on any atom is -0.488 e. The normalized spacial score (nSPS) is 12.3. The van der Waals surface area contributed by atoms with Crippen LogP contribution in [-0.2, 0) is 22.6 Å². The standard InChI is InChI=1S/C23H15ClF3NO3S/c24-19-8-10-20(11-9-19)32(29,30)21(14-28)13-17-5-1-2-7-22(17)31-15-16-4-3-6-18(12-16)23(25,26)27/h1-13H,15H2. The second-order valence-electron chi connectivity index (χ2n) is 6.60. The lowest BCUT2D eigenvalue weighted by molar-refractivity contribution is -0.137. The van der Waals surface area contributed by atoms with Crippen LogP contribution in [0.15, 0.2) is 82.6 Å². The molecule has 0 spiro atoms. The van der Waals surface area contributed by atoms with Gasteiger partial charge in [-0.25, -0.2) is 8.42 Å². The van der Waals surface area contributed by atoms with E-state index in [2.05, 4.69) is 0 Å². The Bertz CT molecular complexity index is 1300. The van der Waals surface area contributed by atoms with Crippen molar-refractivity contribution in [1.29, 1.82) is 5.26 Å². The Morgan fingerprint density at radius 3 is 2.38 bits per heavy atom. The molecule has 0 N–H and O–H groups in total. The Hall–Kier alpha value is -3.28. The van der Waals surface area contributed by atoms with Gasteiger partial charge in [-0.2, -0.15) is 18.4 Å². The SMILES string of the molecule is N#CC(=Cc1ccccc1OCc1cccc(C(F)(F)F)c1)S(=O)(=O)c1ccc(Cl)cc1. The number of alkyl halides is 3. The van der Waals surface area contributed by atoms with E-state index in [9.17, 15) is 26.9 Å². The van der Waals surface area contributed by atoms with Crippen LogP contribution < -0.4 is 4.74 Å². The smallest absolute Gasteiger partial charge is 0.416 e. The molecule has 32 heavy (non-hydrogen) atoms. The van der Waals surface area contributed by atoms with E-state index in [1.807, 2.05) is 0 Å². The minimum absolute atomic E-state index is 0.0999. The molecule has 0 saturated heterocycles. The summed E-state index contributed by atoms with van der Waals surface area (Å²) < 4.78 is 70.0. The van der Waals surface area contributed by atoms with Crippen LogP contribution in [0.4, 0.5) is 13.2 Å². The quantitative estimate of drug-likeness (QED) is 0.392. The molecule has 0 unspecified atom stereocenters. The van der Waals surface area contributed by atoms with Crippen molar-refractivity contribution >= 4 is 27.5 Å². The highest BCUT2D eigenvalue weighted by atomic mass is 35.5. The van der Waals surface area contributed by atoms with Gasteiger partial charge in [0, 0.05) is 10.6 Å². The molecule has 3 aromatic carbocycles. The van der Waals surface area contributed by atoms with E-state index in [-0.39, 0.29) is 28.4 Å². The summed E-state index contributed by atoms with van der Waals surface area (Å²) >= 11 is 5.79. The van der Waals surface area contributed by atoms with Gasteiger partial charge in [-0.15, -0.1) is 0 Å². The fraction of sp³-hybridized carbons (Fsp3) is 0.0870. The van der Waals surface area contributed by atoms with Gasteiger partial charge in [0.15, 0.2) is 0 Å². The minimum atomic E-state index is -4.48. The maximum Gasteiger partial charge on any atom is 0.416 e. The molecule has 0 fully saturated rings.